The standard InChI is InChI=1S/C14H17Cl2N5/c1-3-8(2)20-13-12(17)14(19-7-18-13)21-9-4-5-10(15)11(16)6-9/h4-8H,3,17H2,1-2H3,(H2,18,19,20,21). The lowest BCUT2D eigenvalue weighted by molar-refractivity contribution is 0.759. The Hall–Kier alpha value is -1.72. The van der Waals surface area contributed by atoms with E-state index in [0.717, 1.165) is 12.1 Å². The highest BCUT2D eigenvalue weighted by Gasteiger charge is 2.10. The van der Waals surface area contributed by atoms with E-state index in [1.165, 1.54) is 6.33 Å². The largest absolute Gasteiger partial charge is 0.393 e. The van der Waals surface area contributed by atoms with Crippen LogP contribution in [0.3, 0.4) is 0 Å². The van der Waals surface area contributed by atoms with E-state index >= 15 is 0 Å². The van der Waals surface area contributed by atoms with Crippen molar-refractivity contribution in [1.82, 2.24) is 9.97 Å². The highest BCUT2D eigenvalue weighted by Crippen LogP contribution is 2.30. The van der Waals surface area contributed by atoms with E-state index in [1.807, 2.05) is 0 Å². The van der Waals surface area contributed by atoms with Crippen molar-refractivity contribution >= 4 is 46.2 Å². The van der Waals surface area contributed by atoms with Gasteiger partial charge in [-0.1, -0.05) is 30.1 Å². The van der Waals surface area contributed by atoms with Gasteiger partial charge in [-0.25, -0.2) is 9.97 Å². The fourth-order valence-electron chi connectivity index (χ4n) is 1.66. The van der Waals surface area contributed by atoms with Gasteiger partial charge in [0, 0.05) is 11.7 Å². The Morgan fingerprint density at radius 2 is 1.90 bits per heavy atom. The van der Waals surface area contributed by atoms with Crippen LogP contribution in [0.1, 0.15) is 20.3 Å². The molecule has 7 heteroatoms. The van der Waals surface area contributed by atoms with Crippen LogP contribution in [0, 0.1) is 0 Å². The Morgan fingerprint density at radius 3 is 2.57 bits per heavy atom. The second-order valence-electron chi connectivity index (χ2n) is 4.69. The lowest BCUT2D eigenvalue weighted by Gasteiger charge is -2.16. The predicted octanol–water partition coefficient (Wildman–Crippen LogP) is 4.32. The van der Waals surface area contributed by atoms with Crippen LogP contribution in [0.5, 0.6) is 0 Å². The smallest absolute Gasteiger partial charge is 0.159 e. The van der Waals surface area contributed by atoms with Crippen LogP contribution in [0.15, 0.2) is 24.5 Å². The Kier molecular flexibility index (Phi) is 5.09. The van der Waals surface area contributed by atoms with Crippen molar-refractivity contribution in [3.05, 3.63) is 34.6 Å². The number of nitrogens with one attached hydrogen (secondary N) is 2. The van der Waals surface area contributed by atoms with Crippen molar-refractivity contribution in [1.29, 1.82) is 0 Å². The molecule has 0 saturated heterocycles. The molecule has 0 amide bonds. The maximum Gasteiger partial charge on any atom is 0.159 e. The molecule has 0 bridgehead atoms. The van der Waals surface area contributed by atoms with Crippen molar-refractivity contribution in [2.45, 2.75) is 26.3 Å². The monoisotopic (exact) mass is 325 g/mol. The molecule has 2 aromatic rings. The molecule has 0 aliphatic carbocycles. The summed E-state index contributed by atoms with van der Waals surface area (Å²) in [5.41, 5.74) is 7.31. The predicted molar refractivity (Wildman–Crippen MR) is 89.6 cm³/mol. The summed E-state index contributed by atoms with van der Waals surface area (Å²) in [7, 11) is 0. The fourth-order valence-corrected chi connectivity index (χ4v) is 1.95. The van der Waals surface area contributed by atoms with Gasteiger partial charge >= 0.3 is 0 Å². The van der Waals surface area contributed by atoms with Gasteiger partial charge in [0.1, 0.15) is 12.0 Å². The zero-order chi connectivity index (χ0) is 15.4. The van der Waals surface area contributed by atoms with Crippen LogP contribution in [0.2, 0.25) is 10.0 Å². The van der Waals surface area contributed by atoms with E-state index in [0.29, 0.717) is 27.4 Å². The highest BCUT2D eigenvalue weighted by molar-refractivity contribution is 6.42. The van der Waals surface area contributed by atoms with Gasteiger partial charge in [-0.3, -0.25) is 0 Å². The molecular formula is C14H17Cl2N5. The number of rotatable bonds is 5. The van der Waals surface area contributed by atoms with Crippen molar-refractivity contribution in [2.24, 2.45) is 0 Å². The SMILES string of the molecule is CCC(C)Nc1ncnc(Nc2ccc(Cl)c(Cl)c2)c1N. The molecule has 1 aromatic carbocycles. The van der Waals surface area contributed by atoms with Crippen molar-refractivity contribution in [3.8, 4) is 0 Å². The molecule has 0 spiro atoms. The number of halogens is 2. The Labute approximate surface area is 133 Å². The number of aromatic nitrogens is 2. The van der Waals surface area contributed by atoms with Gasteiger partial charge in [0.05, 0.1) is 10.0 Å². The quantitative estimate of drug-likeness (QED) is 0.763. The maximum absolute atomic E-state index is 6.09. The molecule has 1 atom stereocenters. The van der Waals surface area contributed by atoms with Gasteiger partial charge in [0.25, 0.3) is 0 Å². The lowest BCUT2D eigenvalue weighted by atomic mass is 10.2. The zero-order valence-corrected chi connectivity index (χ0v) is 13.3. The topological polar surface area (TPSA) is 75.9 Å². The number of anilines is 4. The molecule has 4 N–H and O–H groups in total. The summed E-state index contributed by atoms with van der Waals surface area (Å²) >= 11 is 11.9. The van der Waals surface area contributed by atoms with E-state index < -0.39 is 0 Å². The second kappa shape index (κ2) is 6.83. The van der Waals surface area contributed by atoms with Gasteiger partial charge in [0.2, 0.25) is 0 Å². The number of benzene rings is 1. The molecule has 0 radical (unpaired) electrons. The molecule has 21 heavy (non-hydrogen) atoms. The molecule has 1 aromatic heterocycles. The lowest BCUT2D eigenvalue weighted by Crippen LogP contribution is -2.16. The molecule has 5 nitrogen and oxygen atoms in total. The third-order valence-electron chi connectivity index (χ3n) is 3.06. The molecular weight excluding hydrogens is 309 g/mol. The van der Waals surface area contributed by atoms with Crippen molar-refractivity contribution in [2.75, 3.05) is 16.4 Å². The number of hydrogen-bond acceptors (Lipinski definition) is 5. The van der Waals surface area contributed by atoms with E-state index in [1.54, 1.807) is 18.2 Å². The van der Waals surface area contributed by atoms with Crippen LogP contribution in [0.25, 0.3) is 0 Å². The molecule has 0 saturated carbocycles. The average Bonchev–Trinajstić information content (AvgIpc) is 2.47. The van der Waals surface area contributed by atoms with Crippen LogP contribution in [-0.2, 0) is 0 Å². The van der Waals surface area contributed by atoms with Gasteiger partial charge in [0.15, 0.2) is 11.6 Å². The molecule has 1 unspecified atom stereocenters. The van der Waals surface area contributed by atoms with E-state index in [2.05, 4.69) is 34.4 Å². The first-order valence-electron chi connectivity index (χ1n) is 6.60. The van der Waals surface area contributed by atoms with Crippen molar-refractivity contribution < 1.29 is 0 Å². The van der Waals surface area contributed by atoms with E-state index in [4.69, 9.17) is 28.9 Å². The third kappa shape index (κ3) is 3.89. The minimum absolute atomic E-state index is 0.278. The van der Waals surface area contributed by atoms with Crippen LogP contribution in [0.4, 0.5) is 23.0 Å². The van der Waals surface area contributed by atoms with Crippen LogP contribution >= 0.6 is 23.2 Å². The molecule has 112 valence electrons. The number of hydrogen-bond donors (Lipinski definition) is 3. The minimum atomic E-state index is 0.278. The minimum Gasteiger partial charge on any atom is -0.393 e. The van der Waals surface area contributed by atoms with Gasteiger partial charge < -0.3 is 16.4 Å². The van der Waals surface area contributed by atoms with E-state index in [9.17, 15) is 0 Å². The summed E-state index contributed by atoms with van der Waals surface area (Å²) in [6.45, 7) is 4.15. The number of nitrogens with zero attached hydrogens (tertiary/aromatic N) is 2. The zero-order valence-electron chi connectivity index (χ0n) is 11.8. The summed E-state index contributed by atoms with van der Waals surface area (Å²) < 4.78 is 0. The molecule has 0 fully saturated rings. The Balaban J connectivity index is 2.23. The van der Waals surface area contributed by atoms with Gasteiger partial charge in [-0.2, -0.15) is 0 Å². The highest BCUT2D eigenvalue weighted by atomic mass is 35.5. The Bertz CT molecular complexity index is 633. The molecule has 0 aliphatic heterocycles. The maximum atomic E-state index is 6.09. The summed E-state index contributed by atoms with van der Waals surface area (Å²) in [6, 6.07) is 5.51. The summed E-state index contributed by atoms with van der Waals surface area (Å²) in [5, 5.41) is 7.32. The average molecular weight is 326 g/mol. The second-order valence-corrected chi connectivity index (χ2v) is 5.51. The number of nitrogen functional groups attached to an aromatic ring is 1. The normalized spacial score (nSPS) is 12.0. The molecule has 1 heterocycles. The van der Waals surface area contributed by atoms with E-state index in [-0.39, 0.29) is 6.04 Å². The molecule has 0 aliphatic rings. The summed E-state index contributed by atoms with van der Waals surface area (Å²) in [4.78, 5) is 8.32. The van der Waals surface area contributed by atoms with Crippen LogP contribution < -0.4 is 16.4 Å². The third-order valence-corrected chi connectivity index (χ3v) is 3.80. The number of nitrogens with two attached hydrogens (primary N) is 1. The van der Waals surface area contributed by atoms with Crippen LogP contribution in [-0.4, -0.2) is 16.0 Å². The van der Waals surface area contributed by atoms with Gasteiger partial charge in [-0.15, -0.1) is 0 Å². The Morgan fingerprint density at radius 1 is 1.19 bits per heavy atom. The fraction of sp³-hybridized carbons (Fsp3) is 0.286. The first-order valence-corrected chi connectivity index (χ1v) is 7.36. The first-order chi connectivity index (χ1) is 10.0. The summed E-state index contributed by atoms with van der Waals surface area (Å²) in [5.74, 6) is 1.14. The van der Waals surface area contributed by atoms with Crippen molar-refractivity contribution in [3.63, 3.8) is 0 Å². The van der Waals surface area contributed by atoms with Gasteiger partial charge in [-0.05, 0) is 31.5 Å². The summed E-state index contributed by atoms with van der Waals surface area (Å²) in [6.07, 6.45) is 2.43. The first kappa shape index (κ1) is 15.7. The molecule has 2 rings (SSSR count).